The molecule has 2 aromatic rings. The minimum Gasteiger partial charge on any atom is -0.354 e. The molecule has 0 bridgehead atoms. The van der Waals surface area contributed by atoms with Crippen molar-refractivity contribution in [3.63, 3.8) is 0 Å². The molecule has 0 unspecified atom stereocenters. The average molecular weight is 385 g/mol. The summed E-state index contributed by atoms with van der Waals surface area (Å²) in [5, 5.41) is 0. The van der Waals surface area contributed by atoms with Crippen molar-refractivity contribution in [2.75, 3.05) is 69.2 Å². The number of anilines is 2. The van der Waals surface area contributed by atoms with Crippen molar-refractivity contribution in [1.82, 2.24) is 19.8 Å². The Labute approximate surface area is 166 Å². The van der Waals surface area contributed by atoms with Gasteiger partial charge in [-0.1, -0.05) is 12.1 Å². The van der Waals surface area contributed by atoms with E-state index in [1.165, 1.54) is 6.07 Å². The van der Waals surface area contributed by atoms with E-state index in [9.17, 15) is 4.39 Å². The van der Waals surface area contributed by atoms with Crippen LogP contribution in [0, 0.1) is 12.7 Å². The zero-order valence-corrected chi connectivity index (χ0v) is 16.8. The van der Waals surface area contributed by atoms with Gasteiger partial charge in [0, 0.05) is 65.0 Å². The molecule has 2 aliphatic rings. The maximum atomic E-state index is 13.4. The van der Waals surface area contributed by atoms with Gasteiger partial charge < -0.3 is 14.7 Å². The van der Waals surface area contributed by atoms with Crippen LogP contribution in [-0.4, -0.2) is 79.2 Å². The molecular weight excluding hydrogens is 355 g/mol. The van der Waals surface area contributed by atoms with Gasteiger partial charge in [-0.2, -0.15) is 0 Å². The van der Waals surface area contributed by atoms with Crippen LogP contribution < -0.4 is 9.80 Å². The van der Waals surface area contributed by atoms with E-state index >= 15 is 0 Å². The lowest BCUT2D eigenvalue weighted by atomic mass is 10.2. The molecule has 2 saturated heterocycles. The molecule has 0 atom stereocenters. The van der Waals surface area contributed by atoms with Gasteiger partial charge in [-0.25, -0.2) is 14.4 Å². The van der Waals surface area contributed by atoms with E-state index in [2.05, 4.69) is 37.7 Å². The summed E-state index contributed by atoms with van der Waals surface area (Å²) >= 11 is 0. The van der Waals surface area contributed by atoms with E-state index in [0.717, 1.165) is 81.9 Å². The topological polar surface area (TPSA) is 38.7 Å². The minimum atomic E-state index is -0.163. The lowest BCUT2D eigenvalue weighted by Gasteiger charge is -2.37. The van der Waals surface area contributed by atoms with E-state index in [0.29, 0.717) is 0 Å². The summed E-state index contributed by atoms with van der Waals surface area (Å²) in [4.78, 5) is 18.8. The van der Waals surface area contributed by atoms with Gasteiger partial charge in [-0.05, 0) is 31.7 Å². The van der Waals surface area contributed by atoms with Crippen LogP contribution in [0.4, 0.5) is 16.0 Å². The Morgan fingerprint density at radius 2 is 1.46 bits per heavy atom. The third-order valence-electron chi connectivity index (χ3n) is 5.63. The van der Waals surface area contributed by atoms with E-state index in [4.69, 9.17) is 4.98 Å². The van der Waals surface area contributed by atoms with Crippen molar-refractivity contribution in [2.24, 2.45) is 0 Å². The molecule has 150 valence electrons. The molecule has 0 saturated carbocycles. The first-order valence-corrected chi connectivity index (χ1v) is 10.1. The molecule has 0 spiro atoms. The van der Waals surface area contributed by atoms with Crippen molar-refractivity contribution in [3.8, 4) is 0 Å². The lowest BCUT2D eigenvalue weighted by Crippen LogP contribution is -2.47. The monoisotopic (exact) mass is 384 g/mol. The molecule has 28 heavy (non-hydrogen) atoms. The number of aromatic nitrogens is 2. The Kier molecular flexibility index (Phi) is 5.73. The van der Waals surface area contributed by atoms with Crippen molar-refractivity contribution in [1.29, 1.82) is 0 Å². The van der Waals surface area contributed by atoms with Gasteiger partial charge in [0.25, 0.3) is 0 Å². The van der Waals surface area contributed by atoms with E-state index < -0.39 is 0 Å². The van der Waals surface area contributed by atoms with Crippen LogP contribution in [0.2, 0.25) is 0 Å². The molecule has 0 N–H and O–H groups in total. The van der Waals surface area contributed by atoms with Crippen LogP contribution in [0.1, 0.15) is 11.4 Å². The highest BCUT2D eigenvalue weighted by Gasteiger charge is 2.21. The quantitative estimate of drug-likeness (QED) is 0.803. The minimum absolute atomic E-state index is 0.163. The summed E-state index contributed by atoms with van der Waals surface area (Å²) < 4.78 is 13.4. The first kappa shape index (κ1) is 19.1. The second-order valence-electron chi connectivity index (χ2n) is 7.81. The van der Waals surface area contributed by atoms with Crippen LogP contribution in [0.15, 0.2) is 30.3 Å². The first-order chi connectivity index (χ1) is 13.6. The number of hydrogen-bond donors (Lipinski definition) is 0. The fourth-order valence-electron chi connectivity index (χ4n) is 3.92. The van der Waals surface area contributed by atoms with E-state index in [1.54, 1.807) is 12.1 Å². The van der Waals surface area contributed by atoms with Crippen LogP contribution in [0.5, 0.6) is 0 Å². The summed E-state index contributed by atoms with van der Waals surface area (Å²) in [6.07, 6.45) is 0. The molecular formula is C21H29FN6. The second kappa shape index (κ2) is 8.41. The maximum absolute atomic E-state index is 13.4. The predicted octanol–water partition coefficient (Wildman–Crippen LogP) is 2.00. The van der Waals surface area contributed by atoms with Gasteiger partial charge >= 0.3 is 0 Å². The molecule has 0 amide bonds. The highest BCUT2D eigenvalue weighted by Crippen LogP contribution is 2.22. The number of aryl methyl sites for hydroxylation is 1. The second-order valence-corrected chi connectivity index (χ2v) is 7.81. The molecule has 1 aromatic heterocycles. The highest BCUT2D eigenvalue weighted by molar-refractivity contribution is 5.51. The van der Waals surface area contributed by atoms with Gasteiger partial charge in [0.2, 0.25) is 0 Å². The largest absolute Gasteiger partial charge is 0.354 e. The molecule has 0 radical (unpaired) electrons. The molecule has 6 nitrogen and oxygen atoms in total. The Balaban J connectivity index is 1.39. The zero-order valence-electron chi connectivity index (χ0n) is 16.8. The Hall–Kier alpha value is -2.25. The third kappa shape index (κ3) is 4.59. The Morgan fingerprint density at radius 1 is 0.857 bits per heavy atom. The van der Waals surface area contributed by atoms with E-state index in [-0.39, 0.29) is 5.82 Å². The van der Waals surface area contributed by atoms with Gasteiger partial charge in [-0.3, -0.25) is 4.90 Å². The Morgan fingerprint density at radius 3 is 2.07 bits per heavy atom. The normalized spacial score (nSPS) is 19.2. The maximum Gasteiger partial charge on any atom is 0.134 e. The van der Waals surface area contributed by atoms with Gasteiger partial charge in [-0.15, -0.1) is 0 Å². The van der Waals surface area contributed by atoms with Crippen molar-refractivity contribution in [2.45, 2.75) is 13.5 Å². The standard InChI is InChI=1S/C21H29FN6/c1-17-23-20(27-10-6-25(2)7-11-27)15-21(24-17)28-12-8-26(9-13-28)16-18-4-3-5-19(22)14-18/h3-5,14-15H,6-13,16H2,1-2H3. The zero-order chi connectivity index (χ0) is 19.5. The van der Waals surface area contributed by atoms with Gasteiger partial charge in [0.1, 0.15) is 23.3 Å². The third-order valence-corrected chi connectivity index (χ3v) is 5.63. The molecule has 2 aliphatic heterocycles. The Bertz CT molecular complexity index is 797. The fraction of sp³-hybridized carbons (Fsp3) is 0.524. The summed E-state index contributed by atoms with van der Waals surface area (Å²) in [5.41, 5.74) is 1.03. The van der Waals surface area contributed by atoms with Crippen molar-refractivity contribution < 1.29 is 4.39 Å². The number of piperazine rings is 2. The van der Waals surface area contributed by atoms with Crippen LogP contribution in [-0.2, 0) is 6.54 Å². The SMILES string of the molecule is Cc1nc(N2CCN(C)CC2)cc(N2CCN(Cc3cccc(F)c3)CC2)n1. The lowest BCUT2D eigenvalue weighted by molar-refractivity contribution is 0.249. The fourth-order valence-corrected chi connectivity index (χ4v) is 3.92. The summed E-state index contributed by atoms with van der Waals surface area (Å²) in [6, 6.07) is 9.04. The molecule has 3 heterocycles. The number of benzene rings is 1. The highest BCUT2D eigenvalue weighted by atomic mass is 19.1. The number of halogens is 1. The molecule has 2 fully saturated rings. The summed E-state index contributed by atoms with van der Waals surface area (Å²) in [5.74, 6) is 2.72. The van der Waals surface area contributed by atoms with E-state index in [1.807, 2.05) is 13.0 Å². The molecule has 1 aromatic carbocycles. The summed E-state index contributed by atoms with van der Waals surface area (Å²) in [7, 11) is 2.16. The number of likely N-dealkylation sites (N-methyl/N-ethyl adjacent to an activating group) is 1. The number of nitrogens with zero attached hydrogens (tertiary/aromatic N) is 6. The summed E-state index contributed by atoms with van der Waals surface area (Å²) in [6.45, 7) is 10.7. The van der Waals surface area contributed by atoms with Gasteiger partial charge in [0.05, 0.1) is 0 Å². The molecule has 0 aliphatic carbocycles. The van der Waals surface area contributed by atoms with Crippen LogP contribution in [0.25, 0.3) is 0 Å². The predicted molar refractivity (Wildman–Crippen MR) is 110 cm³/mol. The van der Waals surface area contributed by atoms with Crippen molar-refractivity contribution >= 4 is 11.6 Å². The average Bonchev–Trinajstić information content (AvgIpc) is 2.69. The molecule has 4 rings (SSSR count). The van der Waals surface area contributed by atoms with Gasteiger partial charge in [0.15, 0.2) is 0 Å². The first-order valence-electron chi connectivity index (χ1n) is 10.1. The van der Waals surface area contributed by atoms with Crippen LogP contribution >= 0.6 is 0 Å². The number of rotatable bonds is 4. The molecule has 7 heteroatoms. The number of hydrogen-bond acceptors (Lipinski definition) is 6. The van der Waals surface area contributed by atoms with Crippen molar-refractivity contribution in [3.05, 3.63) is 47.5 Å². The van der Waals surface area contributed by atoms with Crippen LogP contribution in [0.3, 0.4) is 0 Å². The smallest absolute Gasteiger partial charge is 0.134 e.